The Balaban J connectivity index is 1.61. The number of sulfonamides is 1. The van der Waals surface area contributed by atoms with Crippen LogP contribution in [0.15, 0.2) is 33.7 Å². The second kappa shape index (κ2) is 7.91. The molecule has 0 unspecified atom stereocenters. The molecule has 1 aromatic heterocycles. The maximum absolute atomic E-state index is 12.9. The number of aromatic nitrogens is 1. The molecule has 1 amide bonds. The van der Waals surface area contributed by atoms with Gasteiger partial charge in [0, 0.05) is 30.5 Å². The highest BCUT2D eigenvalue weighted by Gasteiger charge is 2.32. The highest BCUT2D eigenvalue weighted by atomic mass is 32.2. The molecule has 0 spiro atoms. The Morgan fingerprint density at radius 2 is 1.79 bits per heavy atom. The van der Waals surface area contributed by atoms with Gasteiger partial charge in [-0.25, -0.2) is 8.42 Å². The van der Waals surface area contributed by atoms with Gasteiger partial charge in [0.1, 0.15) is 5.76 Å². The third-order valence-electron chi connectivity index (χ3n) is 5.44. The molecule has 2 aromatic rings. The Bertz CT molecular complexity index is 997. The molecule has 2 heterocycles. The average Bonchev–Trinajstić information content (AvgIpc) is 3.13. The third-order valence-corrected chi connectivity index (χ3v) is 7.34. The summed E-state index contributed by atoms with van der Waals surface area (Å²) in [6.45, 7) is 10.5. The molecule has 0 atom stereocenters. The van der Waals surface area contributed by atoms with E-state index in [0.717, 1.165) is 11.1 Å². The average molecular weight is 420 g/mol. The first-order valence-corrected chi connectivity index (χ1v) is 11.3. The molecule has 1 saturated heterocycles. The molecule has 3 rings (SSSR count). The van der Waals surface area contributed by atoms with E-state index >= 15 is 0 Å². The van der Waals surface area contributed by atoms with Gasteiger partial charge < -0.3 is 9.84 Å². The fourth-order valence-electron chi connectivity index (χ4n) is 3.30. The lowest BCUT2D eigenvalue weighted by atomic mass is 9.93. The number of carbonyl (C=O) groups excluding carboxylic acids is 1. The summed E-state index contributed by atoms with van der Waals surface area (Å²) in [6.07, 6.45) is 0.944. The molecule has 8 heteroatoms. The van der Waals surface area contributed by atoms with Crippen molar-refractivity contribution < 1.29 is 17.7 Å². The van der Waals surface area contributed by atoms with Crippen molar-refractivity contribution in [2.24, 2.45) is 5.92 Å². The summed E-state index contributed by atoms with van der Waals surface area (Å²) >= 11 is 0. The van der Waals surface area contributed by atoms with Gasteiger partial charge >= 0.3 is 0 Å². The zero-order valence-corrected chi connectivity index (χ0v) is 18.5. The van der Waals surface area contributed by atoms with E-state index < -0.39 is 10.0 Å². The number of hydrogen-bond acceptors (Lipinski definition) is 5. The first-order valence-electron chi connectivity index (χ1n) is 9.84. The van der Waals surface area contributed by atoms with Crippen molar-refractivity contribution in [3.05, 3.63) is 41.2 Å². The summed E-state index contributed by atoms with van der Waals surface area (Å²) in [5.41, 5.74) is 1.81. The van der Waals surface area contributed by atoms with E-state index in [0.29, 0.717) is 42.4 Å². The van der Waals surface area contributed by atoms with Crippen LogP contribution in [-0.4, -0.2) is 36.9 Å². The molecule has 0 radical (unpaired) electrons. The lowest BCUT2D eigenvalue weighted by molar-refractivity contribution is -0.120. The summed E-state index contributed by atoms with van der Waals surface area (Å²) in [4.78, 5) is 12.9. The molecule has 1 aliphatic heterocycles. The van der Waals surface area contributed by atoms with E-state index in [4.69, 9.17) is 4.52 Å². The van der Waals surface area contributed by atoms with Crippen molar-refractivity contribution in [3.63, 3.8) is 0 Å². The number of aryl methyl sites for hydroxylation is 2. The van der Waals surface area contributed by atoms with Gasteiger partial charge in [-0.3, -0.25) is 4.79 Å². The molecule has 1 aliphatic rings. The van der Waals surface area contributed by atoms with Crippen molar-refractivity contribution in [1.29, 1.82) is 0 Å². The SMILES string of the molecule is Cc1ccc(S(=O)(=O)N2CCC(C(=O)Nc3cc(C(C)(C)C)on3)CC2)cc1C. The fourth-order valence-corrected chi connectivity index (χ4v) is 4.85. The standard InChI is InChI=1S/C21H29N3O4S/c1-14-6-7-17(12-15(14)2)29(26,27)24-10-8-16(9-11-24)20(25)22-19-13-18(28-23-19)21(3,4)5/h6-7,12-13,16H,8-11H2,1-5H3,(H,22,23,25). The molecule has 0 bridgehead atoms. The molecule has 1 fully saturated rings. The number of rotatable bonds is 4. The molecule has 0 saturated carbocycles. The first kappa shape index (κ1) is 21.5. The third kappa shape index (κ3) is 4.70. The minimum atomic E-state index is -3.55. The van der Waals surface area contributed by atoms with Crippen LogP contribution < -0.4 is 5.32 Å². The predicted octanol–water partition coefficient (Wildman–Crippen LogP) is 3.63. The number of carbonyl (C=O) groups is 1. The number of amides is 1. The van der Waals surface area contributed by atoms with Gasteiger partial charge in [-0.2, -0.15) is 4.31 Å². The van der Waals surface area contributed by atoms with Crippen LogP contribution in [0.3, 0.4) is 0 Å². The van der Waals surface area contributed by atoms with Gasteiger partial charge in [0.2, 0.25) is 15.9 Å². The molecular formula is C21H29N3O4S. The smallest absolute Gasteiger partial charge is 0.243 e. The number of piperidine rings is 1. The largest absolute Gasteiger partial charge is 0.359 e. The monoisotopic (exact) mass is 419 g/mol. The zero-order chi connectivity index (χ0) is 21.4. The molecule has 7 nitrogen and oxygen atoms in total. The minimum Gasteiger partial charge on any atom is -0.359 e. The van der Waals surface area contributed by atoms with Gasteiger partial charge in [0.15, 0.2) is 5.82 Å². The van der Waals surface area contributed by atoms with Crippen molar-refractivity contribution in [2.45, 2.75) is 57.8 Å². The van der Waals surface area contributed by atoms with Crippen LogP contribution in [0.5, 0.6) is 0 Å². The van der Waals surface area contributed by atoms with E-state index in [-0.39, 0.29) is 17.2 Å². The Kier molecular flexibility index (Phi) is 5.87. The zero-order valence-electron chi connectivity index (χ0n) is 17.7. The van der Waals surface area contributed by atoms with Crippen molar-refractivity contribution in [1.82, 2.24) is 9.46 Å². The number of nitrogens with one attached hydrogen (secondary N) is 1. The van der Waals surface area contributed by atoms with Crippen molar-refractivity contribution in [3.8, 4) is 0 Å². The Hall–Kier alpha value is -2.19. The normalized spacial score (nSPS) is 16.7. The summed E-state index contributed by atoms with van der Waals surface area (Å²) in [5.74, 6) is 0.685. The van der Waals surface area contributed by atoms with Crippen LogP contribution in [0.25, 0.3) is 0 Å². The fraction of sp³-hybridized carbons (Fsp3) is 0.524. The van der Waals surface area contributed by atoms with Crippen molar-refractivity contribution in [2.75, 3.05) is 18.4 Å². The van der Waals surface area contributed by atoms with Gasteiger partial charge in [0.25, 0.3) is 0 Å². The second-order valence-corrected chi connectivity index (χ2v) is 10.7. The van der Waals surface area contributed by atoms with Gasteiger partial charge in [-0.05, 0) is 49.9 Å². The van der Waals surface area contributed by atoms with Crippen LogP contribution >= 0.6 is 0 Å². The maximum Gasteiger partial charge on any atom is 0.243 e. The highest BCUT2D eigenvalue weighted by molar-refractivity contribution is 7.89. The van der Waals surface area contributed by atoms with Crippen LogP contribution in [-0.2, 0) is 20.2 Å². The topological polar surface area (TPSA) is 92.5 Å². The van der Waals surface area contributed by atoms with Crippen LogP contribution in [0, 0.1) is 19.8 Å². The summed E-state index contributed by atoms with van der Waals surface area (Å²) in [5, 5.41) is 6.70. The molecule has 1 aromatic carbocycles. The summed E-state index contributed by atoms with van der Waals surface area (Å²) in [7, 11) is -3.55. The molecule has 158 valence electrons. The quantitative estimate of drug-likeness (QED) is 0.817. The molecule has 29 heavy (non-hydrogen) atoms. The van der Waals surface area contributed by atoms with Gasteiger partial charge in [-0.1, -0.05) is 32.0 Å². The number of nitrogens with zero attached hydrogens (tertiary/aromatic N) is 2. The van der Waals surface area contributed by atoms with E-state index in [1.54, 1.807) is 18.2 Å². The lowest BCUT2D eigenvalue weighted by Crippen LogP contribution is -2.41. The maximum atomic E-state index is 12.9. The Labute approximate surface area is 172 Å². The van der Waals surface area contributed by atoms with Crippen molar-refractivity contribution >= 4 is 21.7 Å². The summed E-state index contributed by atoms with van der Waals surface area (Å²) in [6, 6.07) is 6.91. The lowest BCUT2D eigenvalue weighted by Gasteiger charge is -2.30. The minimum absolute atomic E-state index is 0.151. The highest BCUT2D eigenvalue weighted by Crippen LogP contribution is 2.27. The predicted molar refractivity (Wildman–Crippen MR) is 111 cm³/mol. The van der Waals surface area contributed by atoms with Gasteiger partial charge in [-0.15, -0.1) is 0 Å². The number of benzene rings is 1. The summed E-state index contributed by atoms with van der Waals surface area (Å²) < 4.78 is 32.6. The van der Waals surface area contributed by atoms with E-state index in [1.165, 1.54) is 4.31 Å². The number of hydrogen-bond donors (Lipinski definition) is 1. The molecular weight excluding hydrogens is 390 g/mol. The number of anilines is 1. The van der Waals surface area contributed by atoms with E-state index in [2.05, 4.69) is 10.5 Å². The first-order chi connectivity index (χ1) is 13.5. The Morgan fingerprint density at radius 3 is 2.34 bits per heavy atom. The van der Waals surface area contributed by atoms with Gasteiger partial charge in [0.05, 0.1) is 4.90 Å². The van der Waals surface area contributed by atoms with Crippen LogP contribution in [0.1, 0.15) is 50.5 Å². The molecule has 1 N–H and O–H groups in total. The Morgan fingerprint density at radius 1 is 1.14 bits per heavy atom. The second-order valence-electron chi connectivity index (χ2n) is 8.74. The van der Waals surface area contributed by atoms with E-state index in [9.17, 15) is 13.2 Å². The van der Waals surface area contributed by atoms with Crippen LogP contribution in [0.4, 0.5) is 5.82 Å². The van der Waals surface area contributed by atoms with E-state index in [1.807, 2.05) is 40.7 Å². The molecule has 0 aliphatic carbocycles. The van der Waals surface area contributed by atoms with Crippen LogP contribution in [0.2, 0.25) is 0 Å².